The highest BCUT2D eigenvalue weighted by Gasteiger charge is 2.14. The first-order chi connectivity index (χ1) is 12.8. The van der Waals surface area contributed by atoms with Crippen LogP contribution in [0.4, 0.5) is 5.69 Å². The Labute approximate surface area is 151 Å². The molecule has 0 amide bonds. The minimum atomic E-state index is 0.623. The van der Waals surface area contributed by atoms with Crippen molar-refractivity contribution in [3.05, 3.63) is 72.4 Å². The summed E-state index contributed by atoms with van der Waals surface area (Å²) in [4.78, 5) is 19.2. The molecule has 0 bridgehead atoms. The van der Waals surface area contributed by atoms with Crippen LogP contribution in [0.25, 0.3) is 33.7 Å². The fourth-order valence-corrected chi connectivity index (χ4v) is 2.96. The van der Waals surface area contributed by atoms with Crippen LogP contribution in [0.3, 0.4) is 0 Å². The van der Waals surface area contributed by atoms with Gasteiger partial charge in [0.1, 0.15) is 5.69 Å². The highest BCUT2D eigenvalue weighted by molar-refractivity contribution is 5.79. The summed E-state index contributed by atoms with van der Waals surface area (Å²) in [5, 5.41) is 1.02. The highest BCUT2D eigenvalue weighted by atomic mass is 16.6. The van der Waals surface area contributed by atoms with Gasteiger partial charge in [0.05, 0.1) is 23.9 Å². The number of nitrogens with zero attached hydrogens (tertiary/aromatic N) is 3. The van der Waals surface area contributed by atoms with Gasteiger partial charge in [-0.2, -0.15) is 5.48 Å². The zero-order valence-electron chi connectivity index (χ0n) is 14.7. The van der Waals surface area contributed by atoms with Crippen molar-refractivity contribution >= 4 is 16.6 Å². The van der Waals surface area contributed by atoms with Gasteiger partial charge in [0.15, 0.2) is 11.5 Å². The van der Waals surface area contributed by atoms with Crippen LogP contribution in [0.5, 0.6) is 0 Å². The Balaban J connectivity index is 1.84. The van der Waals surface area contributed by atoms with Crippen LogP contribution >= 0.6 is 0 Å². The number of aromatic nitrogens is 3. The van der Waals surface area contributed by atoms with Crippen LogP contribution < -0.4 is 5.48 Å². The smallest absolute Gasteiger partial charge is 0.178 e. The zero-order valence-corrected chi connectivity index (χ0v) is 14.7. The van der Waals surface area contributed by atoms with Gasteiger partial charge in [-0.05, 0) is 30.7 Å². The molecule has 2 heterocycles. The normalized spacial score (nSPS) is 11.0. The molecule has 0 fully saturated rings. The average Bonchev–Trinajstić information content (AvgIpc) is 2.69. The Morgan fingerprint density at radius 3 is 2.58 bits per heavy atom. The minimum Gasteiger partial charge on any atom is -0.244 e. The number of pyridine rings is 1. The number of rotatable bonds is 4. The van der Waals surface area contributed by atoms with Gasteiger partial charge in [-0.15, -0.1) is 0 Å². The summed E-state index contributed by atoms with van der Waals surface area (Å²) in [6, 6.07) is 20.0. The Bertz CT molecular complexity index is 1080. The molecule has 128 valence electrons. The molecule has 0 spiro atoms. The Morgan fingerprint density at radius 1 is 0.885 bits per heavy atom. The van der Waals surface area contributed by atoms with Crippen molar-refractivity contribution in [2.75, 3.05) is 7.11 Å². The molecule has 2 aromatic carbocycles. The second-order valence-corrected chi connectivity index (χ2v) is 6.06. The van der Waals surface area contributed by atoms with Crippen LogP contribution in [0.1, 0.15) is 5.56 Å². The Kier molecular flexibility index (Phi) is 4.39. The highest BCUT2D eigenvalue weighted by Crippen LogP contribution is 2.28. The first kappa shape index (κ1) is 16.3. The van der Waals surface area contributed by atoms with Crippen molar-refractivity contribution in [1.29, 1.82) is 0 Å². The first-order valence-electron chi connectivity index (χ1n) is 8.41. The Hall–Kier alpha value is -3.15. The fraction of sp³-hybridized carbons (Fsp3) is 0.0952. The summed E-state index contributed by atoms with van der Waals surface area (Å²) in [5.74, 6) is 0.623. The molecule has 26 heavy (non-hydrogen) atoms. The van der Waals surface area contributed by atoms with Crippen LogP contribution in [-0.2, 0) is 4.84 Å². The maximum atomic E-state index is 5.22. The molecular formula is C21H19N4O+. The predicted octanol–water partition coefficient (Wildman–Crippen LogP) is 3.42. The molecule has 5 heteroatoms. The number of nitrogens with two attached hydrogens (primary N) is 1. The fourth-order valence-electron chi connectivity index (χ4n) is 2.96. The van der Waals surface area contributed by atoms with E-state index in [2.05, 4.69) is 23.0 Å². The van der Waals surface area contributed by atoms with E-state index in [1.54, 1.807) is 12.6 Å². The number of para-hydroxylation sites is 1. The van der Waals surface area contributed by atoms with Crippen molar-refractivity contribution in [3.63, 3.8) is 0 Å². The third-order valence-corrected chi connectivity index (χ3v) is 4.28. The van der Waals surface area contributed by atoms with Crippen LogP contribution in [0, 0.1) is 6.92 Å². The van der Waals surface area contributed by atoms with Crippen molar-refractivity contribution < 1.29 is 10.3 Å². The van der Waals surface area contributed by atoms with Crippen LogP contribution in [0.2, 0.25) is 0 Å². The van der Waals surface area contributed by atoms with Gasteiger partial charge in [0.2, 0.25) is 0 Å². The molecular weight excluding hydrogens is 324 g/mol. The topological polar surface area (TPSA) is 64.5 Å². The second-order valence-electron chi connectivity index (χ2n) is 6.06. The van der Waals surface area contributed by atoms with E-state index in [4.69, 9.17) is 9.82 Å². The quantitative estimate of drug-likeness (QED) is 0.455. The number of aryl methyl sites for hydroxylation is 1. The van der Waals surface area contributed by atoms with Crippen LogP contribution in [0.15, 0.2) is 66.9 Å². The van der Waals surface area contributed by atoms with E-state index in [1.165, 1.54) is 0 Å². The van der Waals surface area contributed by atoms with E-state index >= 15 is 0 Å². The van der Waals surface area contributed by atoms with Gasteiger partial charge in [-0.25, -0.2) is 19.8 Å². The second kappa shape index (κ2) is 7.00. The summed E-state index contributed by atoms with van der Waals surface area (Å²) < 4.78 is 0. The number of benzene rings is 2. The summed E-state index contributed by atoms with van der Waals surface area (Å²) in [7, 11) is 1.65. The summed E-state index contributed by atoms with van der Waals surface area (Å²) in [6.45, 7) is 2.05. The lowest BCUT2D eigenvalue weighted by Crippen LogP contribution is -2.76. The predicted molar refractivity (Wildman–Crippen MR) is 102 cm³/mol. The lowest BCUT2D eigenvalue weighted by molar-refractivity contribution is -0.829. The van der Waals surface area contributed by atoms with Crippen molar-refractivity contribution in [3.8, 4) is 22.8 Å². The number of hydrogen-bond donors (Lipinski definition) is 1. The van der Waals surface area contributed by atoms with Gasteiger partial charge in [-0.3, -0.25) is 0 Å². The number of fused-ring (bicyclic) bond motifs is 1. The van der Waals surface area contributed by atoms with Crippen LogP contribution in [-0.4, -0.2) is 22.1 Å². The summed E-state index contributed by atoms with van der Waals surface area (Å²) >= 11 is 0. The van der Waals surface area contributed by atoms with E-state index in [-0.39, 0.29) is 0 Å². The largest absolute Gasteiger partial charge is 0.244 e. The molecule has 5 nitrogen and oxygen atoms in total. The molecule has 0 aliphatic heterocycles. The van der Waals surface area contributed by atoms with E-state index < -0.39 is 0 Å². The third-order valence-electron chi connectivity index (χ3n) is 4.28. The van der Waals surface area contributed by atoms with Crippen molar-refractivity contribution in [2.45, 2.75) is 6.92 Å². The molecule has 0 unspecified atom stereocenters. The molecule has 4 rings (SSSR count). The maximum absolute atomic E-state index is 5.22. The zero-order chi connectivity index (χ0) is 17.9. The average molecular weight is 343 g/mol. The molecule has 0 saturated carbocycles. The van der Waals surface area contributed by atoms with E-state index in [9.17, 15) is 0 Å². The molecule has 0 saturated heterocycles. The molecule has 0 aliphatic carbocycles. The van der Waals surface area contributed by atoms with Gasteiger partial charge >= 0.3 is 0 Å². The standard InChI is InChI=1S/C21H18N4O/c1-14-11-12-19(21-22-13-15-7-3-5-9-17(15)24-21)23-20(14)16-8-4-6-10-18(16)25-26-2/h3-13,25H,1-2H3/p+1. The van der Waals surface area contributed by atoms with Gasteiger partial charge in [0, 0.05) is 17.6 Å². The first-order valence-corrected chi connectivity index (χ1v) is 8.41. The molecule has 0 radical (unpaired) electrons. The van der Waals surface area contributed by atoms with Crippen molar-refractivity contribution in [2.24, 2.45) is 0 Å². The Morgan fingerprint density at radius 2 is 1.69 bits per heavy atom. The van der Waals surface area contributed by atoms with E-state index in [0.717, 1.165) is 39.1 Å². The number of quaternary nitrogens is 1. The molecule has 2 N–H and O–H groups in total. The lowest BCUT2D eigenvalue weighted by Gasteiger charge is -2.10. The monoisotopic (exact) mass is 343 g/mol. The summed E-state index contributed by atoms with van der Waals surface area (Å²) in [5.41, 5.74) is 7.40. The van der Waals surface area contributed by atoms with Gasteiger partial charge < -0.3 is 0 Å². The van der Waals surface area contributed by atoms with E-state index in [1.807, 2.05) is 60.8 Å². The molecule has 0 atom stereocenters. The molecule has 2 aromatic heterocycles. The summed E-state index contributed by atoms with van der Waals surface area (Å²) in [6.07, 6.45) is 1.84. The third kappa shape index (κ3) is 3.06. The van der Waals surface area contributed by atoms with E-state index in [0.29, 0.717) is 5.82 Å². The minimum absolute atomic E-state index is 0.623. The SMILES string of the molecule is CO[NH2+]c1ccccc1-c1nc(-c2ncc3ccccc3n2)ccc1C. The maximum Gasteiger partial charge on any atom is 0.178 e. The lowest BCUT2D eigenvalue weighted by atomic mass is 10.0. The van der Waals surface area contributed by atoms with Crippen molar-refractivity contribution in [1.82, 2.24) is 15.0 Å². The molecule has 0 aliphatic rings. The number of hydrogen-bond acceptors (Lipinski definition) is 4. The van der Waals surface area contributed by atoms with Gasteiger partial charge in [-0.1, -0.05) is 36.4 Å². The molecule has 4 aromatic rings. The van der Waals surface area contributed by atoms with Gasteiger partial charge in [0.25, 0.3) is 0 Å².